The summed E-state index contributed by atoms with van der Waals surface area (Å²) in [5.74, 6) is -0.980. The Hall–Kier alpha value is -5.26. The maximum Gasteiger partial charge on any atom is 0.324 e. The van der Waals surface area contributed by atoms with Crippen LogP contribution in [-0.2, 0) is 11.8 Å². The minimum Gasteiger partial charge on any atom is -0.498 e. The molecular weight excluding hydrogens is 562 g/mol. The summed E-state index contributed by atoms with van der Waals surface area (Å²) in [4.78, 5) is 22.8. The Balaban J connectivity index is 0.00000188. The van der Waals surface area contributed by atoms with Crippen molar-refractivity contribution in [2.45, 2.75) is 46.0 Å². The molecule has 6 rings (SSSR count). The Morgan fingerprint density at radius 3 is 2.61 bits per heavy atom. The summed E-state index contributed by atoms with van der Waals surface area (Å²) in [5.41, 5.74) is 5.60. The van der Waals surface area contributed by atoms with Gasteiger partial charge in [-0.15, -0.1) is 0 Å². The van der Waals surface area contributed by atoms with Gasteiger partial charge in [-0.2, -0.15) is 5.10 Å². The second-order valence-electron chi connectivity index (χ2n) is 10.5. The highest BCUT2D eigenvalue weighted by Gasteiger charge is 2.27. The van der Waals surface area contributed by atoms with Crippen molar-refractivity contribution in [1.82, 2.24) is 29.0 Å². The van der Waals surface area contributed by atoms with Crippen LogP contribution in [0.4, 0.5) is 11.5 Å². The van der Waals surface area contributed by atoms with Gasteiger partial charge in [-0.3, -0.25) is 4.79 Å². The molecule has 1 aliphatic heterocycles. The average molecular weight is 600 g/mol. The van der Waals surface area contributed by atoms with Gasteiger partial charge in [-0.25, -0.2) is 14.5 Å². The van der Waals surface area contributed by atoms with Crippen molar-refractivity contribution in [3.8, 4) is 11.5 Å². The van der Waals surface area contributed by atoms with Crippen LogP contribution in [0.3, 0.4) is 0 Å². The maximum absolute atomic E-state index is 12.4. The number of anilines is 2. The molecule has 1 unspecified atom stereocenters. The van der Waals surface area contributed by atoms with Crippen LogP contribution in [0.2, 0.25) is 0 Å². The van der Waals surface area contributed by atoms with Crippen molar-refractivity contribution < 1.29 is 24.9 Å². The van der Waals surface area contributed by atoms with E-state index in [1.54, 1.807) is 10.8 Å². The molecule has 0 aliphatic carbocycles. The minimum atomic E-state index is -1.37. The van der Waals surface area contributed by atoms with Gasteiger partial charge >= 0.3 is 5.95 Å². The van der Waals surface area contributed by atoms with E-state index in [1.165, 1.54) is 11.2 Å². The molecule has 3 aromatic heterocycles. The third-order valence-corrected chi connectivity index (χ3v) is 7.72. The zero-order valence-corrected chi connectivity index (χ0v) is 25.2. The van der Waals surface area contributed by atoms with Crippen LogP contribution in [-0.4, -0.2) is 63.4 Å². The SMILES string of the molecule is CC.Cc1cc(Nc2ncnn3ccc(C4CCCN(C(=O)C(O)=C(O)O)CC4)c23)ccc1Oc1ccc2c(c1)ncn2C. The van der Waals surface area contributed by atoms with Crippen LogP contribution >= 0.6 is 0 Å². The molecule has 1 saturated heterocycles. The summed E-state index contributed by atoms with van der Waals surface area (Å²) in [6.45, 7) is 6.76. The fraction of sp³-hybridized carbons (Fsp3) is 0.312. The first-order chi connectivity index (χ1) is 21.3. The quantitative estimate of drug-likeness (QED) is 0.128. The number of hydrogen-bond donors (Lipinski definition) is 4. The number of imidazole rings is 1. The summed E-state index contributed by atoms with van der Waals surface area (Å²) in [5, 5.41) is 35.7. The van der Waals surface area contributed by atoms with E-state index in [0.717, 1.165) is 45.5 Å². The monoisotopic (exact) mass is 599 g/mol. The van der Waals surface area contributed by atoms with Gasteiger partial charge in [-0.1, -0.05) is 13.8 Å². The summed E-state index contributed by atoms with van der Waals surface area (Å²) in [7, 11) is 1.96. The molecule has 4 heterocycles. The van der Waals surface area contributed by atoms with Crippen LogP contribution in [0.1, 0.15) is 50.2 Å². The molecule has 5 aromatic rings. The molecule has 1 fully saturated rings. The number of nitrogens with one attached hydrogen (secondary N) is 1. The second kappa shape index (κ2) is 12.9. The normalized spacial score (nSPS) is 14.9. The number of ether oxygens (including phenoxy) is 1. The number of carbonyl (C=O) groups is 1. The number of carbonyl (C=O) groups excluding carboxylic acids is 1. The van der Waals surface area contributed by atoms with Crippen LogP contribution in [0.25, 0.3) is 16.6 Å². The Kier molecular flexibility index (Phi) is 8.88. The lowest BCUT2D eigenvalue weighted by atomic mass is 9.93. The number of aromatic nitrogens is 5. The van der Waals surface area contributed by atoms with Crippen LogP contribution in [0, 0.1) is 6.92 Å². The van der Waals surface area contributed by atoms with Crippen molar-refractivity contribution in [2.75, 3.05) is 18.4 Å². The number of nitrogens with zero attached hydrogens (tertiary/aromatic N) is 6. The number of fused-ring (bicyclic) bond motifs is 2. The largest absolute Gasteiger partial charge is 0.498 e. The number of likely N-dealkylation sites (tertiary alicyclic amines) is 1. The molecule has 2 aromatic carbocycles. The van der Waals surface area contributed by atoms with E-state index in [1.807, 2.05) is 81.0 Å². The summed E-state index contributed by atoms with van der Waals surface area (Å²) in [6.07, 6.45) is 7.31. The predicted molar refractivity (Wildman–Crippen MR) is 168 cm³/mol. The van der Waals surface area contributed by atoms with Gasteiger partial charge in [0.05, 0.1) is 17.4 Å². The molecule has 0 bridgehead atoms. The van der Waals surface area contributed by atoms with Gasteiger partial charge in [0, 0.05) is 38.1 Å². The number of amides is 1. The molecule has 1 amide bonds. The first-order valence-corrected chi connectivity index (χ1v) is 14.7. The van der Waals surface area contributed by atoms with Crippen LogP contribution in [0.5, 0.6) is 11.5 Å². The van der Waals surface area contributed by atoms with E-state index in [0.29, 0.717) is 37.5 Å². The first kappa shape index (κ1) is 30.2. The molecule has 230 valence electrons. The fourth-order valence-corrected chi connectivity index (χ4v) is 5.54. The van der Waals surface area contributed by atoms with Crippen molar-refractivity contribution >= 4 is 34.0 Å². The Morgan fingerprint density at radius 2 is 1.84 bits per heavy atom. The lowest BCUT2D eigenvalue weighted by Gasteiger charge is -2.20. The fourth-order valence-electron chi connectivity index (χ4n) is 5.54. The average Bonchev–Trinajstić information content (AvgIpc) is 3.54. The molecule has 12 nitrogen and oxygen atoms in total. The van der Waals surface area contributed by atoms with E-state index in [9.17, 15) is 9.90 Å². The van der Waals surface area contributed by atoms with E-state index >= 15 is 0 Å². The topological polar surface area (TPSA) is 150 Å². The van der Waals surface area contributed by atoms with Crippen molar-refractivity contribution in [1.29, 1.82) is 0 Å². The van der Waals surface area contributed by atoms with E-state index in [4.69, 9.17) is 14.9 Å². The number of rotatable bonds is 6. The summed E-state index contributed by atoms with van der Waals surface area (Å²) >= 11 is 0. The first-order valence-electron chi connectivity index (χ1n) is 14.7. The van der Waals surface area contributed by atoms with Gasteiger partial charge in [0.1, 0.15) is 23.3 Å². The molecular formula is C32H37N7O5. The van der Waals surface area contributed by atoms with Crippen LogP contribution < -0.4 is 10.1 Å². The van der Waals surface area contributed by atoms with Crippen molar-refractivity contribution in [3.63, 3.8) is 0 Å². The van der Waals surface area contributed by atoms with E-state index in [-0.39, 0.29) is 5.92 Å². The molecule has 1 atom stereocenters. The zero-order chi connectivity index (χ0) is 31.4. The van der Waals surface area contributed by atoms with Gasteiger partial charge in [0.25, 0.3) is 11.7 Å². The molecule has 4 N–H and O–H groups in total. The van der Waals surface area contributed by atoms with Crippen molar-refractivity contribution in [3.05, 3.63) is 84.1 Å². The van der Waals surface area contributed by atoms with Gasteiger partial charge < -0.3 is 34.8 Å². The number of benzene rings is 2. The number of hydrogen-bond acceptors (Lipinski definition) is 9. The summed E-state index contributed by atoms with van der Waals surface area (Å²) < 4.78 is 9.92. The second-order valence-corrected chi connectivity index (χ2v) is 10.5. The van der Waals surface area contributed by atoms with Gasteiger partial charge in [0.2, 0.25) is 0 Å². The molecule has 1 aliphatic rings. The highest BCUT2D eigenvalue weighted by Crippen LogP contribution is 2.36. The Bertz CT molecular complexity index is 1820. The lowest BCUT2D eigenvalue weighted by Crippen LogP contribution is -2.33. The third kappa shape index (κ3) is 6.10. The molecule has 12 heteroatoms. The zero-order valence-electron chi connectivity index (χ0n) is 25.2. The molecule has 44 heavy (non-hydrogen) atoms. The van der Waals surface area contributed by atoms with E-state index in [2.05, 4.69) is 20.4 Å². The minimum absolute atomic E-state index is 0.113. The third-order valence-electron chi connectivity index (χ3n) is 7.72. The van der Waals surface area contributed by atoms with Crippen LogP contribution in [0.15, 0.2) is 73.0 Å². The predicted octanol–water partition coefficient (Wildman–Crippen LogP) is 6.43. The standard InChI is InChI=1S/C30H31N7O5.C2H6/c1-18-14-20(5-8-25(18)42-21-6-7-24-23(15-21)32-17-35(24)2)34-28-26-22(10-13-37(26)33-16-31-28)19-4-3-11-36(12-9-19)29(39)27(38)30(40)41;1-2/h5-8,10,13-17,19,38,40-41H,3-4,9,11-12H2,1-2H3,(H,31,33,34);1-2H3. The Morgan fingerprint density at radius 1 is 1.02 bits per heavy atom. The van der Waals surface area contributed by atoms with E-state index < -0.39 is 17.6 Å². The number of aliphatic hydroxyl groups is 3. The van der Waals surface area contributed by atoms with Crippen molar-refractivity contribution in [2.24, 2.45) is 7.05 Å². The molecule has 0 radical (unpaired) electrons. The van der Waals surface area contributed by atoms with Gasteiger partial charge in [0.15, 0.2) is 5.82 Å². The number of aliphatic hydroxyl groups excluding tert-OH is 2. The lowest BCUT2D eigenvalue weighted by molar-refractivity contribution is -0.130. The smallest absolute Gasteiger partial charge is 0.324 e. The molecule has 0 spiro atoms. The number of aryl methyl sites for hydroxylation is 2. The maximum atomic E-state index is 12.4. The highest BCUT2D eigenvalue weighted by atomic mass is 16.5. The highest BCUT2D eigenvalue weighted by molar-refractivity contribution is 5.91. The van der Waals surface area contributed by atoms with Gasteiger partial charge in [-0.05, 0) is 79.6 Å². The summed E-state index contributed by atoms with van der Waals surface area (Å²) in [6, 6.07) is 13.7. The molecule has 0 saturated carbocycles. The Labute approximate surface area is 254 Å².